The van der Waals surface area contributed by atoms with E-state index in [9.17, 15) is 14.4 Å². The van der Waals surface area contributed by atoms with E-state index in [1.807, 2.05) is 0 Å². The number of allylic oxidation sites excluding steroid dienone is 16. The summed E-state index contributed by atoms with van der Waals surface area (Å²) < 4.78 is 16.8. The molecular weight excluding hydrogens is 913 g/mol. The van der Waals surface area contributed by atoms with Crippen LogP contribution in [0.1, 0.15) is 297 Å². The molecular formula is C68H116O6. The molecule has 1 unspecified atom stereocenters. The molecule has 0 aromatic carbocycles. The molecule has 6 nitrogen and oxygen atoms in total. The maximum atomic E-state index is 12.8. The van der Waals surface area contributed by atoms with Crippen molar-refractivity contribution in [2.24, 2.45) is 0 Å². The zero-order valence-corrected chi connectivity index (χ0v) is 48.6. The average molecular weight is 1030 g/mol. The second-order valence-electron chi connectivity index (χ2n) is 20.6. The van der Waals surface area contributed by atoms with Crippen molar-refractivity contribution in [3.63, 3.8) is 0 Å². The summed E-state index contributed by atoms with van der Waals surface area (Å²) in [6.07, 6.45) is 83.0. The van der Waals surface area contributed by atoms with Crippen LogP contribution < -0.4 is 0 Å². The maximum Gasteiger partial charge on any atom is 0.306 e. The normalized spacial score (nSPS) is 12.7. The minimum absolute atomic E-state index is 0.0804. The second kappa shape index (κ2) is 61.9. The Morgan fingerprint density at radius 1 is 0.284 bits per heavy atom. The van der Waals surface area contributed by atoms with Gasteiger partial charge in [0.15, 0.2) is 6.10 Å². The zero-order chi connectivity index (χ0) is 53.6. The van der Waals surface area contributed by atoms with E-state index in [-0.39, 0.29) is 31.1 Å². The highest BCUT2D eigenvalue weighted by molar-refractivity contribution is 5.71. The van der Waals surface area contributed by atoms with Crippen LogP contribution in [0.5, 0.6) is 0 Å². The molecule has 0 aliphatic rings. The van der Waals surface area contributed by atoms with Crippen molar-refractivity contribution in [3.8, 4) is 0 Å². The van der Waals surface area contributed by atoms with Crippen LogP contribution in [0, 0.1) is 0 Å². The van der Waals surface area contributed by atoms with E-state index in [1.54, 1.807) is 0 Å². The van der Waals surface area contributed by atoms with Crippen molar-refractivity contribution >= 4 is 17.9 Å². The first-order valence-electron chi connectivity index (χ1n) is 31.2. The Hall–Kier alpha value is -3.67. The average Bonchev–Trinajstić information content (AvgIpc) is 3.40. The van der Waals surface area contributed by atoms with Crippen LogP contribution in [-0.4, -0.2) is 37.2 Å². The molecule has 0 heterocycles. The lowest BCUT2D eigenvalue weighted by Crippen LogP contribution is -2.30. The summed E-state index contributed by atoms with van der Waals surface area (Å²) >= 11 is 0. The first-order chi connectivity index (χ1) is 36.5. The fraction of sp³-hybridized carbons (Fsp3) is 0.721. The summed E-state index contributed by atoms with van der Waals surface area (Å²) in [6.45, 7) is 6.47. The SMILES string of the molecule is CC/C=C\C/C=C\C/C=C\C/C=C\C/C=C\C/C=C\CCCCCCCCCCCCCCCCC(=O)OCC(COC(=O)CCCCCCCCC)OC(=O)CCCCCCC/C=C\C/C=C\CCCCCC. The van der Waals surface area contributed by atoms with Gasteiger partial charge < -0.3 is 14.2 Å². The topological polar surface area (TPSA) is 78.9 Å². The van der Waals surface area contributed by atoms with Gasteiger partial charge in [-0.2, -0.15) is 0 Å². The van der Waals surface area contributed by atoms with Crippen LogP contribution in [0.3, 0.4) is 0 Å². The van der Waals surface area contributed by atoms with Gasteiger partial charge in [-0.25, -0.2) is 0 Å². The van der Waals surface area contributed by atoms with Crippen molar-refractivity contribution in [2.75, 3.05) is 13.2 Å². The van der Waals surface area contributed by atoms with Gasteiger partial charge >= 0.3 is 17.9 Å². The molecule has 0 radical (unpaired) electrons. The lowest BCUT2D eigenvalue weighted by molar-refractivity contribution is -0.167. The molecule has 0 aromatic heterocycles. The Bertz CT molecular complexity index is 1460. The van der Waals surface area contributed by atoms with Crippen molar-refractivity contribution in [3.05, 3.63) is 97.2 Å². The monoisotopic (exact) mass is 1030 g/mol. The first kappa shape index (κ1) is 70.3. The Kier molecular flexibility index (Phi) is 58.8. The van der Waals surface area contributed by atoms with E-state index in [2.05, 4.69) is 118 Å². The van der Waals surface area contributed by atoms with Gasteiger partial charge in [0.25, 0.3) is 0 Å². The Balaban J connectivity index is 4.07. The van der Waals surface area contributed by atoms with Gasteiger partial charge in [0.2, 0.25) is 0 Å². The smallest absolute Gasteiger partial charge is 0.306 e. The number of esters is 3. The predicted octanol–water partition coefficient (Wildman–Crippen LogP) is 21.3. The molecule has 6 heteroatoms. The number of carbonyl (C=O) groups excluding carboxylic acids is 3. The first-order valence-corrected chi connectivity index (χ1v) is 31.2. The molecule has 0 N–H and O–H groups in total. The largest absolute Gasteiger partial charge is 0.462 e. The minimum atomic E-state index is -0.781. The number of unbranched alkanes of at least 4 members (excludes halogenated alkanes) is 29. The Morgan fingerprint density at radius 2 is 0.527 bits per heavy atom. The summed E-state index contributed by atoms with van der Waals surface area (Å²) in [6, 6.07) is 0. The van der Waals surface area contributed by atoms with Crippen LogP contribution in [0.25, 0.3) is 0 Å². The summed E-state index contributed by atoms with van der Waals surface area (Å²) in [5, 5.41) is 0. The van der Waals surface area contributed by atoms with Gasteiger partial charge in [0, 0.05) is 19.3 Å². The van der Waals surface area contributed by atoms with Gasteiger partial charge in [0.05, 0.1) is 0 Å². The summed E-state index contributed by atoms with van der Waals surface area (Å²) in [5.41, 5.74) is 0. The molecule has 0 bridgehead atoms. The van der Waals surface area contributed by atoms with Gasteiger partial charge in [-0.1, -0.05) is 272 Å². The number of carbonyl (C=O) groups is 3. The highest BCUT2D eigenvalue weighted by Crippen LogP contribution is 2.16. The van der Waals surface area contributed by atoms with Crippen molar-refractivity contribution in [1.82, 2.24) is 0 Å². The van der Waals surface area contributed by atoms with Crippen LogP contribution in [0.2, 0.25) is 0 Å². The third-order valence-corrected chi connectivity index (χ3v) is 13.3. The summed E-state index contributed by atoms with van der Waals surface area (Å²) in [5.74, 6) is -0.895. The fourth-order valence-electron chi connectivity index (χ4n) is 8.65. The molecule has 0 aromatic rings. The van der Waals surface area contributed by atoms with Gasteiger partial charge in [-0.05, 0) is 103 Å². The maximum absolute atomic E-state index is 12.8. The third kappa shape index (κ3) is 59.2. The standard InChI is InChI=1S/C68H116O6/c1-4-7-10-13-16-18-20-22-24-26-27-28-29-30-31-32-33-34-35-36-37-38-39-40-41-42-44-45-47-49-52-55-58-61-67(70)73-64-65(63-72-66(69)60-57-54-51-15-12-9-6-3)74-68(71)62-59-56-53-50-48-46-43-25-23-21-19-17-14-11-8-5-2/h7,10,16,18-19,21-22,24-25,27-28,30-31,33-34,43,65H,4-6,8-9,11-15,17,20,23,26,29,32,35-42,44-64H2,1-3H3/b10-7-,18-16-,21-19-,24-22-,28-27-,31-30-,34-33-,43-25-. The molecule has 74 heavy (non-hydrogen) atoms. The van der Waals surface area contributed by atoms with E-state index in [1.165, 1.54) is 135 Å². The van der Waals surface area contributed by atoms with E-state index in [0.29, 0.717) is 19.3 Å². The van der Waals surface area contributed by atoms with Crippen molar-refractivity contribution < 1.29 is 28.6 Å². The molecule has 0 saturated carbocycles. The van der Waals surface area contributed by atoms with E-state index < -0.39 is 6.10 Å². The van der Waals surface area contributed by atoms with Crippen molar-refractivity contribution in [2.45, 2.75) is 303 Å². The number of hydrogen-bond donors (Lipinski definition) is 0. The highest BCUT2D eigenvalue weighted by Gasteiger charge is 2.19. The number of hydrogen-bond acceptors (Lipinski definition) is 6. The van der Waals surface area contributed by atoms with Gasteiger partial charge in [0.1, 0.15) is 13.2 Å². The van der Waals surface area contributed by atoms with E-state index >= 15 is 0 Å². The predicted molar refractivity (Wildman–Crippen MR) is 320 cm³/mol. The van der Waals surface area contributed by atoms with Gasteiger partial charge in [-0.3, -0.25) is 14.4 Å². The number of ether oxygens (including phenoxy) is 3. The molecule has 0 rings (SSSR count). The lowest BCUT2D eigenvalue weighted by Gasteiger charge is -2.18. The third-order valence-electron chi connectivity index (χ3n) is 13.3. The van der Waals surface area contributed by atoms with Crippen LogP contribution >= 0.6 is 0 Å². The molecule has 0 saturated heterocycles. The van der Waals surface area contributed by atoms with E-state index in [0.717, 1.165) is 122 Å². The summed E-state index contributed by atoms with van der Waals surface area (Å²) in [7, 11) is 0. The van der Waals surface area contributed by atoms with Crippen molar-refractivity contribution in [1.29, 1.82) is 0 Å². The molecule has 0 fully saturated rings. The molecule has 0 spiro atoms. The van der Waals surface area contributed by atoms with Crippen LogP contribution in [0.15, 0.2) is 97.2 Å². The van der Waals surface area contributed by atoms with Crippen LogP contribution in [0.4, 0.5) is 0 Å². The molecule has 424 valence electrons. The highest BCUT2D eigenvalue weighted by atomic mass is 16.6. The Morgan fingerprint density at radius 3 is 0.838 bits per heavy atom. The summed E-state index contributed by atoms with van der Waals surface area (Å²) in [4.78, 5) is 38.0. The van der Waals surface area contributed by atoms with Gasteiger partial charge in [-0.15, -0.1) is 0 Å². The Labute approximate surface area is 457 Å². The lowest BCUT2D eigenvalue weighted by atomic mass is 10.0. The minimum Gasteiger partial charge on any atom is -0.462 e. The number of rotatable bonds is 56. The quantitative estimate of drug-likeness (QED) is 0.0261. The van der Waals surface area contributed by atoms with E-state index in [4.69, 9.17) is 14.2 Å². The second-order valence-corrected chi connectivity index (χ2v) is 20.6. The molecule has 0 amide bonds. The fourth-order valence-corrected chi connectivity index (χ4v) is 8.65. The molecule has 1 atom stereocenters. The molecule has 0 aliphatic heterocycles. The zero-order valence-electron chi connectivity index (χ0n) is 48.6. The van der Waals surface area contributed by atoms with Crippen LogP contribution in [-0.2, 0) is 28.6 Å². The molecule has 0 aliphatic carbocycles.